The molecular formula is C13H22N4O2. The number of anilines is 2. The Labute approximate surface area is 113 Å². The second-order valence-electron chi connectivity index (χ2n) is 5.29. The van der Waals surface area contributed by atoms with Crippen molar-refractivity contribution in [3.8, 4) is 0 Å². The Balaban J connectivity index is 2.37. The predicted octanol–water partition coefficient (Wildman–Crippen LogP) is 0.768. The van der Waals surface area contributed by atoms with Crippen molar-refractivity contribution >= 4 is 11.6 Å². The summed E-state index contributed by atoms with van der Waals surface area (Å²) in [4.78, 5) is 10.6. The van der Waals surface area contributed by atoms with Crippen LogP contribution in [0.25, 0.3) is 0 Å². The van der Waals surface area contributed by atoms with Crippen LogP contribution in [0, 0.1) is 0 Å². The predicted molar refractivity (Wildman–Crippen MR) is 74.2 cm³/mol. The maximum absolute atomic E-state index is 9.27. The van der Waals surface area contributed by atoms with Gasteiger partial charge in [0.2, 0.25) is 0 Å². The van der Waals surface area contributed by atoms with E-state index in [9.17, 15) is 5.11 Å². The molecule has 0 aromatic carbocycles. The lowest BCUT2D eigenvalue weighted by atomic mass is 10.0. The SMILES string of the molecule is CC(C)c1c(N)ncnc1N1CC(CO)OCC1C. The molecule has 0 spiro atoms. The smallest absolute Gasteiger partial charge is 0.137 e. The van der Waals surface area contributed by atoms with E-state index in [0.717, 1.165) is 11.4 Å². The van der Waals surface area contributed by atoms with E-state index in [1.165, 1.54) is 6.33 Å². The number of nitrogens with zero attached hydrogens (tertiary/aromatic N) is 3. The summed E-state index contributed by atoms with van der Waals surface area (Å²) in [6.45, 7) is 7.44. The Kier molecular flexibility index (Phi) is 4.21. The standard InChI is InChI=1S/C13H22N4O2/c1-8(2)11-12(14)15-7-16-13(11)17-4-10(5-18)19-6-9(17)3/h7-10,18H,4-6H2,1-3H3,(H2,14,15,16). The van der Waals surface area contributed by atoms with E-state index in [1.807, 2.05) is 0 Å². The average molecular weight is 266 g/mol. The fourth-order valence-corrected chi connectivity index (χ4v) is 2.41. The highest BCUT2D eigenvalue weighted by molar-refractivity contribution is 5.59. The van der Waals surface area contributed by atoms with E-state index in [0.29, 0.717) is 19.0 Å². The normalized spacial score (nSPS) is 23.9. The van der Waals surface area contributed by atoms with Crippen molar-refractivity contribution in [3.63, 3.8) is 0 Å². The van der Waals surface area contributed by atoms with Crippen LogP contribution in [-0.4, -0.2) is 47.0 Å². The number of nitrogen functional groups attached to an aromatic ring is 1. The first-order valence-corrected chi connectivity index (χ1v) is 6.64. The van der Waals surface area contributed by atoms with Gasteiger partial charge in [0, 0.05) is 12.1 Å². The van der Waals surface area contributed by atoms with Gasteiger partial charge in [-0.15, -0.1) is 0 Å². The Bertz CT molecular complexity index is 439. The van der Waals surface area contributed by atoms with Crippen molar-refractivity contribution in [2.75, 3.05) is 30.4 Å². The first-order valence-electron chi connectivity index (χ1n) is 6.64. The third kappa shape index (κ3) is 2.79. The van der Waals surface area contributed by atoms with Crippen LogP contribution in [0.15, 0.2) is 6.33 Å². The van der Waals surface area contributed by atoms with Crippen molar-refractivity contribution < 1.29 is 9.84 Å². The molecule has 2 atom stereocenters. The van der Waals surface area contributed by atoms with Gasteiger partial charge in [-0.1, -0.05) is 13.8 Å². The summed E-state index contributed by atoms with van der Waals surface area (Å²) in [7, 11) is 0. The minimum Gasteiger partial charge on any atom is -0.394 e. The van der Waals surface area contributed by atoms with Crippen LogP contribution in [0.5, 0.6) is 0 Å². The lowest BCUT2D eigenvalue weighted by Crippen LogP contribution is -2.50. The lowest BCUT2D eigenvalue weighted by Gasteiger charge is -2.39. The van der Waals surface area contributed by atoms with Gasteiger partial charge >= 0.3 is 0 Å². The average Bonchev–Trinajstić information content (AvgIpc) is 2.38. The highest BCUT2D eigenvalue weighted by atomic mass is 16.5. The molecule has 1 fully saturated rings. The summed E-state index contributed by atoms with van der Waals surface area (Å²) in [5.74, 6) is 1.63. The topological polar surface area (TPSA) is 84.5 Å². The zero-order chi connectivity index (χ0) is 14.0. The van der Waals surface area contributed by atoms with E-state index in [1.54, 1.807) is 0 Å². The molecule has 106 valence electrons. The van der Waals surface area contributed by atoms with Gasteiger partial charge in [-0.25, -0.2) is 9.97 Å². The molecule has 0 radical (unpaired) electrons. The van der Waals surface area contributed by atoms with E-state index in [2.05, 4.69) is 35.6 Å². The minimum absolute atomic E-state index is 0.0147. The van der Waals surface area contributed by atoms with Crippen molar-refractivity contribution in [2.45, 2.75) is 38.8 Å². The molecule has 3 N–H and O–H groups in total. The number of nitrogens with two attached hydrogens (primary N) is 1. The molecule has 2 unspecified atom stereocenters. The third-order valence-corrected chi connectivity index (χ3v) is 3.45. The maximum atomic E-state index is 9.27. The number of morpholine rings is 1. The Morgan fingerprint density at radius 1 is 1.53 bits per heavy atom. The molecule has 6 heteroatoms. The van der Waals surface area contributed by atoms with Gasteiger partial charge < -0.3 is 20.5 Å². The minimum atomic E-state index is -0.174. The van der Waals surface area contributed by atoms with Crippen LogP contribution < -0.4 is 10.6 Å². The van der Waals surface area contributed by atoms with Crippen LogP contribution in [0.2, 0.25) is 0 Å². The molecule has 6 nitrogen and oxygen atoms in total. The molecule has 2 rings (SSSR count). The highest BCUT2D eigenvalue weighted by Crippen LogP contribution is 2.31. The second-order valence-corrected chi connectivity index (χ2v) is 5.29. The van der Waals surface area contributed by atoms with E-state index >= 15 is 0 Å². The molecule has 0 saturated carbocycles. The highest BCUT2D eigenvalue weighted by Gasteiger charge is 2.29. The summed E-state index contributed by atoms with van der Waals surface area (Å²) in [6.07, 6.45) is 1.32. The van der Waals surface area contributed by atoms with Gasteiger partial charge in [-0.3, -0.25) is 0 Å². The summed E-state index contributed by atoms with van der Waals surface area (Å²) in [5.41, 5.74) is 6.95. The number of hydrogen-bond acceptors (Lipinski definition) is 6. The van der Waals surface area contributed by atoms with Crippen LogP contribution in [0.1, 0.15) is 32.3 Å². The van der Waals surface area contributed by atoms with E-state index < -0.39 is 0 Å². The molecule has 0 aliphatic carbocycles. The van der Waals surface area contributed by atoms with Crippen molar-refractivity contribution in [1.29, 1.82) is 0 Å². The van der Waals surface area contributed by atoms with Gasteiger partial charge in [0.15, 0.2) is 0 Å². The van der Waals surface area contributed by atoms with Crippen molar-refractivity contribution in [2.24, 2.45) is 0 Å². The van der Waals surface area contributed by atoms with Crippen LogP contribution in [0.4, 0.5) is 11.6 Å². The van der Waals surface area contributed by atoms with Gasteiger partial charge in [-0.2, -0.15) is 0 Å². The first kappa shape index (κ1) is 14.0. The molecule has 1 saturated heterocycles. The first-order chi connectivity index (χ1) is 9.04. The maximum Gasteiger partial charge on any atom is 0.137 e. The molecule has 19 heavy (non-hydrogen) atoms. The fraction of sp³-hybridized carbons (Fsp3) is 0.692. The molecular weight excluding hydrogens is 244 g/mol. The summed E-state index contributed by atoms with van der Waals surface area (Å²) in [5, 5.41) is 9.27. The monoisotopic (exact) mass is 266 g/mol. The molecule has 2 heterocycles. The van der Waals surface area contributed by atoms with E-state index in [-0.39, 0.29) is 24.7 Å². The molecule has 0 bridgehead atoms. The number of rotatable bonds is 3. The Morgan fingerprint density at radius 2 is 2.26 bits per heavy atom. The Hall–Kier alpha value is -1.40. The van der Waals surface area contributed by atoms with Crippen molar-refractivity contribution in [3.05, 3.63) is 11.9 Å². The molecule has 1 aromatic heterocycles. The Morgan fingerprint density at radius 3 is 2.89 bits per heavy atom. The van der Waals surface area contributed by atoms with Gasteiger partial charge in [0.25, 0.3) is 0 Å². The van der Waals surface area contributed by atoms with Gasteiger partial charge in [-0.05, 0) is 12.8 Å². The molecule has 0 amide bonds. The van der Waals surface area contributed by atoms with Gasteiger partial charge in [0.1, 0.15) is 18.0 Å². The largest absolute Gasteiger partial charge is 0.394 e. The van der Waals surface area contributed by atoms with Crippen LogP contribution in [-0.2, 0) is 4.74 Å². The molecule has 1 aliphatic rings. The molecule has 1 aliphatic heterocycles. The number of hydrogen-bond donors (Lipinski definition) is 2. The van der Waals surface area contributed by atoms with Gasteiger partial charge in [0.05, 0.1) is 25.4 Å². The fourth-order valence-electron chi connectivity index (χ4n) is 2.41. The summed E-state index contributed by atoms with van der Waals surface area (Å²) in [6, 6.07) is 0.203. The third-order valence-electron chi connectivity index (χ3n) is 3.45. The zero-order valence-corrected chi connectivity index (χ0v) is 11.7. The number of aromatic nitrogens is 2. The van der Waals surface area contributed by atoms with Crippen molar-refractivity contribution in [1.82, 2.24) is 9.97 Å². The van der Waals surface area contributed by atoms with E-state index in [4.69, 9.17) is 10.5 Å². The second kappa shape index (κ2) is 5.71. The molecule has 1 aromatic rings. The zero-order valence-electron chi connectivity index (χ0n) is 11.7. The number of aliphatic hydroxyl groups excluding tert-OH is 1. The summed E-state index contributed by atoms with van der Waals surface area (Å²) >= 11 is 0. The summed E-state index contributed by atoms with van der Waals surface area (Å²) < 4.78 is 5.56. The lowest BCUT2D eigenvalue weighted by molar-refractivity contribution is -0.0106. The number of ether oxygens (including phenoxy) is 1. The number of aliphatic hydroxyl groups is 1. The van der Waals surface area contributed by atoms with Crippen LogP contribution in [0.3, 0.4) is 0 Å². The van der Waals surface area contributed by atoms with Crippen LogP contribution >= 0.6 is 0 Å². The quantitative estimate of drug-likeness (QED) is 0.840.